The molecule has 1 N–H and O–H groups in total. The van der Waals surface area contributed by atoms with E-state index in [9.17, 15) is 9.90 Å². The number of rotatable bonds is 7. The van der Waals surface area contributed by atoms with Crippen molar-refractivity contribution >= 4 is 34.9 Å². The number of hydrogen-bond donors (Lipinski definition) is 1. The van der Waals surface area contributed by atoms with Crippen LogP contribution in [0.4, 0.5) is 5.69 Å². The van der Waals surface area contributed by atoms with Crippen molar-refractivity contribution < 1.29 is 19.6 Å². The van der Waals surface area contributed by atoms with Crippen molar-refractivity contribution in [2.45, 2.75) is 31.3 Å². The molecule has 0 spiro atoms. The van der Waals surface area contributed by atoms with Gasteiger partial charge in [0.25, 0.3) is 0 Å². The summed E-state index contributed by atoms with van der Waals surface area (Å²) >= 11 is 12.1. The molecule has 1 saturated carbocycles. The Bertz CT molecular complexity index is 1120. The van der Waals surface area contributed by atoms with Crippen LogP contribution in [-0.4, -0.2) is 60.4 Å². The van der Waals surface area contributed by atoms with Crippen molar-refractivity contribution in [1.82, 2.24) is 29.8 Å². The zero-order chi connectivity index (χ0) is 22.2. The molecule has 5 rings (SSSR count). The lowest BCUT2D eigenvalue weighted by molar-refractivity contribution is -0.282. The van der Waals surface area contributed by atoms with Gasteiger partial charge in [-0.2, -0.15) is 5.10 Å². The lowest BCUT2D eigenvalue weighted by Crippen LogP contribution is -2.51. The molecule has 3 aromatic rings. The van der Waals surface area contributed by atoms with Crippen molar-refractivity contribution in [3.8, 4) is 5.69 Å². The van der Waals surface area contributed by atoms with Crippen LogP contribution in [-0.2, 0) is 20.9 Å². The SMILES string of the molecule is O=C(O)C(Cc1ccn(C2CC2)n1)N1CON(c2cc(Cl)ccc2-n2cc(Cl)nn2)CO1. The molecule has 1 aromatic carbocycles. The molecule has 1 atom stereocenters. The van der Waals surface area contributed by atoms with Crippen LogP contribution >= 0.6 is 23.2 Å². The van der Waals surface area contributed by atoms with Gasteiger partial charge in [-0.1, -0.05) is 28.4 Å². The van der Waals surface area contributed by atoms with Crippen molar-refractivity contribution in [3.05, 3.63) is 52.5 Å². The third kappa shape index (κ3) is 4.43. The average molecular weight is 480 g/mol. The van der Waals surface area contributed by atoms with Gasteiger partial charge < -0.3 is 5.11 Å². The number of hydroxylamine groups is 3. The van der Waals surface area contributed by atoms with E-state index in [1.54, 1.807) is 24.4 Å². The molecule has 1 saturated heterocycles. The van der Waals surface area contributed by atoms with Crippen LogP contribution in [0.1, 0.15) is 24.6 Å². The number of nitrogens with zero attached hydrogens (tertiary/aromatic N) is 7. The minimum Gasteiger partial charge on any atom is -0.480 e. The third-order valence-corrected chi connectivity index (χ3v) is 5.63. The normalized spacial score (nSPS) is 18.1. The number of aliphatic carboxylic acids is 1. The van der Waals surface area contributed by atoms with Crippen LogP contribution in [0.3, 0.4) is 0 Å². The fraction of sp³-hybridized carbons (Fsp3) is 0.368. The molecule has 32 heavy (non-hydrogen) atoms. The van der Waals surface area contributed by atoms with Gasteiger partial charge in [0.15, 0.2) is 18.6 Å². The van der Waals surface area contributed by atoms with Crippen LogP contribution in [0.25, 0.3) is 5.69 Å². The lowest BCUT2D eigenvalue weighted by atomic mass is 10.1. The fourth-order valence-corrected chi connectivity index (χ4v) is 3.73. The zero-order valence-electron chi connectivity index (χ0n) is 16.7. The molecule has 1 aliphatic carbocycles. The summed E-state index contributed by atoms with van der Waals surface area (Å²) in [7, 11) is 0. The van der Waals surface area contributed by atoms with Crippen molar-refractivity contribution in [2.24, 2.45) is 0 Å². The van der Waals surface area contributed by atoms with Gasteiger partial charge in [-0.05, 0) is 37.1 Å². The monoisotopic (exact) mass is 479 g/mol. The summed E-state index contributed by atoms with van der Waals surface area (Å²) in [6, 6.07) is 6.45. The Labute approximate surface area is 192 Å². The maximum Gasteiger partial charge on any atom is 0.323 e. The smallest absolute Gasteiger partial charge is 0.323 e. The van der Waals surface area contributed by atoms with E-state index in [0.717, 1.165) is 12.8 Å². The van der Waals surface area contributed by atoms with E-state index >= 15 is 0 Å². The van der Waals surface area contributed by atoms with E-state index < -0.39 is 12.0 Å². The van der Waals surface area contributed by atoms with E-state index in [0.29, 0.717) is 28.1 Å². The van der Waals surface area contributed by atoms with Crippen LogP contribution < -0.4 is 5.06 Å². The molecule has 2 aromatic heterocycles. The molecule has 0 amide bonds. The van der Waals surface area contributed by atoms with Gasteiger partial charge in [0.05, 0.1) is 29.3 Å². The van der Waals surface area contributed by atoms with Gasteiger partial charge in [0.2, 0.25) is 0 Å². The second kappa shape index (κ2) is 8.68. The van der Waals surface area contributed by atoms with Crippen LogP contribution in [0.5, 0.6) is 0 Å². The highest BCUT2D eigenvalue weighted by molar-refractivity contribution is 6.31. The Morgan fingerprint density at radius 1 is 1.19 bits per heavy atom. The molecule has 1 aliphatic heterocycles. The second-order valence-electron chi connectivity index (χ2n) is 7.51. The zero-order valence-corrected chi connectivity index (χ0v) is 18.2. The van der Waals surface area contributed by atoms with E-state index in [1.165, 1.54) is 14.8 Å². The number of anilines is 1. The summed E-state index contributed by atoms with van der Waals surface area (Å²) < 4.78 is 3.38. The number of aromatic nitrogens is 5. The van der Waals surface area contributed by atoms with Crippen molar-refractivity contribution in [2.75, 3.05) is 18.5 Å². The summed E-state index contributed by atoms with van der Waals surface area (Å²) in [6.07, 6.45) is 5.84. The summed E-state index contributed by atoms with van der Waals surface area (Å²) in [6.45, 7) is -0.166. The van der Waals surface area contributed by atoms with Gasteiger partial charge in [0, 0.05) is 17.6 Å². The molecule has 0 bridgehead atoms. The Kier molecular flexibility index (Phi) is 5.74. The first kappa shape index (κ1) is 21.2. The Balaban J connectivity index is 1.29. The minimum atomic E-state index is -1.02. The summed E-state index contributed by atoms with van der Waals surface area (Å²) in [5, 5.41) is 25.5. The quantitative estimate of drug-likeness (QED) is 0.546. The van der Waals surface area contributed by atoms with Crippen molar-refractivity contribution in [1.29, 1.82) is 0 Å². The van der Waals surface area contributed by atoms with Gasteiger partial charge in [-0.15, -0.1) is 10.2 Å². The van der Waals surface area contributed by atoms with Crippen LogP contribution in [0, 0.1) is 0 Å². The number of halogens is 2. The third-order valence-electron chi connectivity index (χ3n) is 5.22. The van der Waals surface area contributed by atoms with E-state index in [2.05, 4.69) is 15.4 Å². The minimum absolute atomic E-state index is 0.0595. The molecular formula is C19H19Cl2N7O4. The molecule has 2 fully saturated rings. The number of carbonyl (C=O) groups is 1. The molecule has 13 heteroatoms. The first-order valence-corrected chi connectivity index (χ1v) is 10.7. The fourth-order valence-electron chi connectivity index (χ4n) is 3.44. The number of carboxylic acids is 1. The molecular weight excluding hydrogens is 461 g/mol. The van der Waals surface area contributed by atoms with Crippen molar-refractivity contribution in [3.63, 3.8) is 0 Å². The maximum absolute atomic E-state index is 11.9. The number of hydrogen-bond acceptors (Lipinski definition) is 8. The van der Waals surface area contributed by atoms with Crippen LogP contribution in [0.2, 0.25) is 10.2 Å². The highest BCUT2D eigenvalue weighted by Gasteiger charge is 2.33. The predicted molar refractivity (Wildman–Crippen MR) is 113 cm³/mol. The standard InChI is InChI=1S/C19H19Cl2N7O4/c20-12-1-4-15(26-9-18(21)22-24-26)16(7-12)27-10-32-28(11-31-27)17(19(29)30)8-13-5-6-25(23-13)14-2-3-14/h1,4-7,9,14,17H,2-3,8,10-11H2,(H,29,30). The summed E-state index contributed by atoms with van der Waals surface area (Å²) in [5.74, 6) is -1.02. The summed E-state index contributed by atoms with van der Waals surface area (Å²) in [4.78, 5) is 23.5. The average Bonchev–Trinajstić information content (AvgIpc) is 3.37. The first-order valence-electron chi connectivity index (χ1n) is 9.92. The van der Waals surface area contributed by atoms with E-state index in [4.69, 9.17) is 32.9 Å². The van der Waals surface area contributed by atoms with Crippen LogP contribution in [0.15, 0.2) is 36.7 Å². The maximum atomic E-state index is 11.9. The predicted octanol–water partition coefficient (Wildman–Crippen LogP) is 2.70. The Morgan fingerprint density at radius 2 is 2.03 bits per heavy atom. The molecule has 168 valence electrons. The first-order chi connectivity index (χ1) is 15.5. The molecule has 2 aliphatic rings. The topological polar surface area (TPSA) is 111 Å². The summed E-state index contributed by atoms with van der Waals surface area (Å²) in [5.41, 5.74) is 1.87. The number of benzene rings is 1. The van der Waals surface area contributed by atoms with E-state index in [-0.39, 0.29) is 25.0 Å². The Morgan fingerprint density at radius 3 is 2.69 bits per heavy atom. The molecule has 0 radical (unpaired) electrons. The highest BCUT2D eigenvalue weighted by atomic mass is 35.5. The lowest BCUT2D eigenvalue weighted by Gasteiger charge is -2.37. The molecule has 3 heterocycles. The van der Waals surface area contributed by atoms with Gasteiger partial charge >= 0.3 is 5.97 Å². The van der Waals surface area contributed by atoms with E-state index in [1.807, 2.05) is 16.9 Å². The molecule has 11 nitrogen and oxygen atoms in total. The van der Waals surface area contributed by atoms with Gasteiger partial charge in [-0.25, -0.2) is 9.75 Å². The largest absolute Gasteiger partial charge is 0.480 e. The number of carboxylic acid groups (broad SMARTS) is 1. The second-order valence-corrected chi connectivity index (χ2v) is 8.33. The van der Waals surface area contributed by atoms with Gasteiger partial charge in [0.1, 0.15) is 6.04 Å². The highest BCUT2D eigenvalue weighted by Crippen LogP contribution is 2.34. The van der Waals surface area contributed by atoms with Gasteiger partial charge in [-0.3, -0.25) is 19.2 Å². The molecule has 1 unspecified atom stereocenters. The Hall–Kier alpha value is -2.70.